The molecule has 0 saturated carbocycles. The number of carbonyl (C=O) groups is 1. The van der Waals surface area contributed by atoms with Gasteiger partial charge in [0, 0.05) is 5.56 Å². The highest BCUT2D eigenvalue weighted by atomic mass is 16.5. The van der Waals surface area contributed by atoms with Crippen molar-refractivity contribution in [1.82, 2.24) is 14.9 Å². The van der Waals surface area contributed by atoms with Gasteiger partial charge in [-0.3, -0.25) is 14.2 Å². The van der Waals surface area contributed by atoms with Gasteiger partial charge in [0.1, 0.15) is 17.8 Å². The van der Waals surface area contributed by atoms with E-state index >= 15 is 0 Å². The van der Waals surface area contributed by atoms with Crippen molar-refractivity contribution in [3.05, 3.63) is 88.9 Å². The number of amides is 1. The van der Waals surface area contributed by atoms with Crippen LogP contribution < -0.4 is 15.6 Å². The fraction of sp³-hybridized carbons (Fsp3) is 0.0952. The molecular weight excluding hydrogens is 358 g/mol. The molecule has 0 radical (unpaired) electrons. The van der Waals surface area contributed by atoms with Crippen LogP contribution in [-0.2, 0) is 6.54 Å². The molecule has 1 N–H and O–H groups in total. The number of ether oxygens (including phenoxy) is 1. The van der Waals surface area contributed by atoms with E-state index in [2.05, 4.69) is 10.3 Å². The Kier molecular flexibility index (Phi) is 4.63. The predicted octanol–water partition coefficient (Wildman–Crippen LogP) is 2.92. The largest absolute Gasteiger partial charge is 0.497 e. The van der Waals surface area contributed by atoms with Gasteiger partial charge in [-0.15, -0.1) is 0 Å². The van der Waals surface area contributed by atoms with Crippen LogP contribution in [0.25, 0.3) is 16.6 Å². The SMILES string of the molecule is COc1ccc(-n2cnc3cc(C(=O)NCc4ccco4)ccc3c2=O)cc1. The summed E-state index contributed by atoms with van der Waals surface area (Å²) < 4.78 is 11.8. The number of benzene rings is 2. The molecule has 0 bridgehead atoms. The summed E-state index contributed by atoms with van der Waals surface area (Å²) in [7, 11) is 1.58. The molecule has 0 unspecified atom stereocenters. The lowest BCUT2D eigenvalue weighted by molar-refractivity contribution is 0.0948. The molecule has 2 heterocycles. The molecule has 4 rings (SSSR count). The zero-order valence-corrected chi connectivity index (χ0v) is 15.1. The van der Waals surface area contributed by atoms with Gasteiger partial charge in [-0.25, -0.2) is 4.98 Å². The second-order valence-corrected chi connectivity index (χ2v) is 6.11. The van der Waals surface area contributed by atoms with E-state index in [0.717, 1.165) is 0 Å². The minimum atomic E-state index is -0.264. The molecule has 140 valence electrons. The summed E-state index contributed by atoms with van der Waals surface area (Å²) in [6.45, 7) is 0.288. The van der Waals surface area contributed by atoms with Gasteiger partial charge in [-0.1, -0.05) is 0 Å². The van der Waals surface area contributed by atoms with Gasteiger partial charge in [-0.05, 0) is 54.6 Å². The minimum Gasteiger partial charge on any atom is -0.497 e. The molecular formula is C21H17N3O4. The molecule has 7 heteroatoms. The van der Waals surface area contributed by atoms with Crippen molar-refractivity contribution < 1.29 is 13.9 Å². The third-order valence-corrected chi connectivity index (χ3v) is 4.38. The van der Waals surface area contributed by atoms with Gasteiger partial charge in [0.25, 0.3) is 11.5 Å². The van der Waals surface area contributed by atoms with Crippen LogP contribution in [0.15, 0.2) is 76.4 Å². The lowest BCUT2D eigenvalue weighted by Gasteiger charge is -2.09. The number of hydrogen-bond acceptors (Lipinski definition) is 5. The summed E-state index contributed by atoms with van der Waals surface area (Å²) in [4.78, 5) is 29.5. The Labute approximate surface area is 160 Å². The highest BCUT2D eigenvalue weighted by Gasteiger charge is 2.11. The predicted molar refractivity (Wildman–Crippen MR) is 104 cm³/mol. The summed E-state index contributed by atoms with van der Waals surface area (Å²) in [5.41, 5.74) is 1.35. The maximum Gasteiger partial charge on any atom is 0.265 e. The highest BCUT2D eigenvalue weighted by Crippen LogP contribution is 2.15. The van der Waals surface area contributed by atoms with Crippen molar-refractivity contribution >= 4 is 16.8 Å². The fourth-order valence-corrected chi connectivity index (χ4v) is 2.87. The van der Waals surface area contributed by atoms with Crippen LogP contribution in [0.2, 0.25) is 0 Å². The number of carbonyl (C=O) groups excluding carboxylic acids is 1. The van der Waals surface area contributed by atoms with E-state index < -0.39 is 0 Å². The van der Waals surface area contributed by atoms with Crippen molar-refractivity contribution in [2.45, 2.75) is 6.54 Å². The van der Waals surface area contributed by atoms with E-state index in [1.807, 2.05) is 0 Å². The van der Waals surface area contributed by atoms with Crippen molar-refractivity contribution in [2.75, 3.05) is 7.11 Å². The normalized spacial score (nSPS) is 10.8. The van der Waals surface area contributed by atoms with E-state index in [-0.39, 0.29) is 18.0 Å². The zero-order chi connectivity index (χ0) is 19.5. The maximum atomic E-state index is 12.8. The standard InChI is InChI=1S/C21H17N3O4/c1-27-16-7-5-15(6-8-16)24-13-23-19-11-14(4-9-18(19)21(24)26)20(25)22-12-17-3-2-10-28-17/h2-11,13H,12H2,1H3,(H,22,25). The molecule has 28 heavy (non-hydrogen) atoms. The first kappa shape index (κ1) is 17.5. The summed E-state index contributed by atoms with van der Waals surface area (Å²) in [5, 5.41) is 3.20. The van der Waals surface area contributed by atoms with Crippen LogP contribution in [0.4, 0.5) is 0 Å². The Bertz CT molecular complexity index is 1180. The molecule has 0 aliphatic heterocycles. The monoisotopic (exact) mass is 375 g/mol. The van der Waals surface area contributed by atoms with Gasteiger partial charge in [0.05, 0.1) is 36.5 Å². The Balaban J connectivity index is 1.62. The second-order valence-electron chi connectivity index (χ2n) is 6.11. The highest BCUT2D eigenvalue weighted by molar-refractivity contribution is 5.97. The van der Waals surface area contributed by atoms with E-state index in [9.17, 15) is 9.59 Å². The Morgan fingerprint density at radius 3 is 2.71 bits per heavy atom. The Morgan fingerprint density at radius 1 is 1.18 bits per heavy atom. The van der Waals surface area contributed by atoms with E-state index in [4.69, 9.17) is 9.15 Å². The maximum absolute atomic E-state index is 12.8. The molecule has 2 aromatic carbocycles. The van der Waals surface area contributed by atoms with Gasteiger partial charge < -0.3 is 14.5 Å². The number of rotatable bonds is 5. The van der Waals surface area contributed by atoms with E-state index in [0.29, 0.717) is 33.7 Å². The van der Waals surface area contributed by atoms with Crippen LogP contribution in [0.1, 0.15) is 16.1 Å². The number of nitrogens with zero attached hydrogens (tertiary/aromatic N) is 2. The lowest BCUT2D eigenvalue weighted by Crippen LogP contribution is -2.23. The van der Waals surface area contributed by atoms with Crippen LogP contribution in [0.5, 0.6) is 5.75 Å². The third kappa shape index (κ3) is 3.37. The third-order valence-electron chi connectivity index (χ3n) is 4.38. The molecule has 4 aromatic rings. The molecule has 2 aromatic heterocycles. The van der Waals surface area contributed by atoms with Gasteiger partial charge in [0.2, 0.25) is 0 Å². The quantitative estimate of drug-likeness (QED) is 0.580. The van der Waals surface area contributed by atoms with Crippen LogP contribution in [0, 0.1) is 0 Å². The van der Waals surface area contributed by atoms with Crippen LogP contribution in [-0.4, -0.2) is 22.6 Å². The van der Waals surface area contributed by atoms with Crippen molar-refractivity contribution in [3.63, 3.8) is 0 Å². The molecule has 0 aliphatic rings. The molecule has 0 atom stereocenters. The number of aromatic nitrogens is 2. The summed E-state index contributed by atoms with van der Waals surface area (Å²) >= 11 is 0. The summed E-state index contributed by atoms with van der Waals surface area (Å²) in [6.07, 6.45) is 3.01. The molecule has 1 amide bonds. The molecule has 0 fully saturated rings. The second kappa shape index (κ2) is 7.40. The zero-order valence-electron chi connectivity index (χ0n) is 15.1. The van der Waals surface area contributed by atoms with Crippen molar-refractivity contribution in [2.24, 2.45) is 0 Å². The number of fused-ring (bicyclic) bond motifs is 1. The van der Waals surface area contributed by atoms with Crippen LogP contribution in [0.3, 0.4) is 0 Å². The lowest BCUT2D eigenvalue weighted by atomic mass is 10.1. The van der Waals surface area contributed by atoms with E-state index in [1.54, 1.807) is 68.0 Å². The smallest absolute Gasteiger partial charge is 0.265 e. The molecule has 0 saturated heterocycles. The number of hydrogen-bond donors (Lipinski definition) is 1. The molecule has 0 aliphatic carbocycles. The average molecular weight is 375 g/mol. The van der Waals surface area contributed by atoms with Crippen molar-refractivity contribution in [3.8, 4) is 11.4 Å². The number of methoxy groups -OCH3 is 1. The molecule has 7 nitrogen and oxygen atoms in total. The van der Waals surface area contributed by atoms with Crippen molar-refractivity contribution in [1.29, 1.82) is 0 Å². The van der Waals surface area contributed by atoms with Gasteiger partial charge in [0.15, 0.2) is 0 Å². The Hall–Kier alpha value is -3.87. The minimum absolute atomic E-state index is 0.210. The average Bonchev–Trinajstić information content (AvgIpc) is 3.26. The summed E-state index contributed by atoms with van der Waals surface area (Å²) in [5.74, 6) is 1.10. The van der Waals surface area contributed by atoms with E-state index in [1.165, 1.54) is 10.9 Å². The topological polar surface area (TPSA) is 86.4 Å². The Morgan fingerprint density at radius 2 is 2.00 bits per heavy atom. The van der Waals surface area contributed by atoms with Gasteiger partial charge in [-0.2, -0.15) is 0 Å². The first-order valence-corrected chi connectivity index (χ1v) is 8.62. The first-order valence-electron chi connectivity index (χ1n) is 8.62. The number of nitrogens with one attached hydrogen (secondary N) is 1. The fourth-order valence-electron chi connectivity index (χ4n) is 2.87. The summed E-state index contributed by atoms with van der Waals surface area (Å²) in [6, 6.07) is 15.5. The van der Waals surface area contributed by atoms with Gasteiger partial charge >= 0.3 is 0 Å². The molecule has 0 spiro atoms. The number of furan rings is 1. The van der Waals surface area contributed by atoms with Crippen LogP contribution >= 0.6 is 0 Å². The first-order chi connectivity index (χ1) is 13.7.